The van der Waals surface area contributed by atoms with Crippen molar-refractivity contribution in [3.8, 4) is 6.07 Å². The second-order valence-corrected chi connectivity index (χ2v) is 6.98. The maximum Gasteiger partial charge on any atom is 0.240 e. The van der Waals surface area contributed by atoms with E-state index in [2.05, 4.69) is 16.5 Å². The fourth-order valence-corrected chi connectivity index (χ4v) is 3.04. The first-order chi connectivity index (χ1) is 12.9. The predicted molar refractivity (Wildman–Crippen MR) is 106 cm³/mol. The molecule has 2 aromatic carbocycles. The molecule has 0 spiro atoms. The molecule has 140 valence electrons. The Morgan fingerprint density at radius 3 is 2.59 bits per heavy atom. The van der Waals surface area contributed by atoms with Crippen LogP contribution in [0.3, 0.4) is 0 Å². The first-order valence-corrected chi connectivity index (χ1v) is 9.04. The van der Waals surface area contributed by atoms with Crippen LogP contribution in [0.1, 0.15) is 23.6 Å². The van der Waals surface area contributed by atoms with Crippen LogP contribution in [0, 0.1) is 18.3 Å². The molecule has 0 unspecified atom stereocenters. The van der Waals surface area contributed by atoms with Gasteiger partial charge in [-0.3, -0.25) is 0 Å². The van der Waals surface area contributed by atoms with Crippen LogP contribution in [0.2, 0.25) is 10.0 Å². The monoisotopic (exact) mass is 404 g/mol. The van der Waals surface area contributed by atoms with Crippen LogP contribution in [-0.2, 0) is 4.74 Å². The highest BCUT2D eigenvalue weighted by molar-refractivity contribution is 6.32. The molecule has 3 rings (SSSR count). The summed E-state index contributed by atoms with van der Waals surface area (Å²) in [6.45, 7) is 3.66. The van der Waals surface area contributed by atoms with Gasteiger partial charge < -0.3 is 15.2 Å². The third-order valence-electron chi connectivity index (χ3n) is 4.23. The highest BCUT2D eigenvalue weighted by atomic mass is 35.5. The third kappa shape index (κ3) is 4.11. The lowest BCUT2D eigenvalue weighted by Gasteiger charge is -2.29. The first-order valence-electron chi connectivity index (χ1n) is 8.28. The topological polar surface area (TPSA) is 80.9 Å². The van der Waals surface area contributed by atoms with Gasteiger partial charge in [-0.25, -0.2) is 5.01 Å². The molecule has 1 aliphatic rings. The van der Waals surface area contributed by atoms with E-state index in [9.17, 15) is 5.11 Å². The molecule has 0 saturated carbocycles. The largest absolute Gasteiger partial charge is 0.453 e. The van der Waals surface area contributed by atoms with Crippen molar-refractivity contribution in [2.75, 3.05) is 12.0 Å². The molecule has 2 N–H and O–H groups in total. The predicted octanol–water partition coefficient (Wildman–Crippen LogP) is 3.94. The van der Waals surface area contributed by atoms with Crippen molar-refractivity contribution in [1.82, 2.24) is 5.01 Å². The number of nitrogens with zero attached hydrogens (tertiary/aromatic N) is 3. The molecule has 2 aromatic rings. The number of rotatable bonds is 5. The van der Waals surface area contributed by atoms with Crippen molar-refractivity contribution in [3.05, 3.63) is 63.1 Å². The van der Waals surface area contributed by atoms with Crippen molar-refractivity contribution in [1.29, 1.82) is 5.26 Å². The Kier molecular flexibility index (Phi) is 5.76. The van der Waals surface area contributed by atoms with Gasteiger partial charge in [-0.2, -0.15) is 5.26 Å². The number of benzene rings is 2. The molecular weight excluding hydrogens is 387 g/mol. The van der Waals surface area contributed by atoms with E-state index in [4.69, 9.17) is 33.2 Å². The number of anilines is 1. The number of hydrogen-bond acceptors (Lipinski definition) is 6. The summed E-state index contributed by atoms with van der Waals surface area (Å²) in [7, 11) is 0. The van der Waals surface area contributed by atoms with E-state index in [1.165, 1.54) is 0 Å². The lowest BCUT2D eigenvalue weighted by molar-refractivity contribution is 0.0493. The van der Waals surface area contributed by atoms with E-state index in [1.54, 1.807) is 36.2 Å². The molecular formula is C19H18Cl2N4O2. The highest BCUT2D eigenvalue weighted by Crippen LogP contribution is 2.28. The lowest BCUT2D eigenvalue weighted by Crippen LogP contribution is -2.44. The summed E-state index contributed by atoms with van der Waals surface area (Å²) >= 11 is 12.1. The summed E-state index contributed by atoms with van der Waals surface area (Å²) in [4.78, 5) is 0. The number of halogens is 2. The third-order valence-corrected chi connectivity index (χ3v) is 4.97. The van der Waals surface area contributed by atoms with Crippen LogP contribution in [0.4, 0.5) is 5.69 Å². The Morgan fingerprint density at radius 2 is 1.96 bits per heavy atom. The average molecular weight is 405 g/mol. The smallest absolute Gasteiger partial charge is 0.240 e. The zero-order valence-electron chi connectivity index (χ0n) is 14.8. The zero-order valence-corrected chi connectivity index (χ0v) is 16.3. The Hall–Kier alpha value is -2.46. The number of aliphatic hydroxyl groups excluding tert-OH is 1. The van der Waals surface area contributed by atoms with Crippen molar-refractivity contribution in [2.45, 2.75) is 26.1 Å². The summed E-state index contributed by atoms with van der Waals surface area (Å²) in [6.07, 6.45) is -1.30. The van der Waals surface area contributed by atoms with Crippen molar-refractivity contribution in [2.24, 2.45) is 5.10 Å². The molecule has 1 heterocycles. The van der Waals surface area contributed by atoms with Gasteiger partial charge in [-0.15, -0.1) is 5.10 Å². The van der Waals surface area contributed by atoms with Gasteiger partial charge in [0.2, 0.25) is 5.90 Å². The van der Waals surface area contributed by atoms with Gasteiger partial charge in [0.1, 0.15) is 12.2 Å². The molecule has 0 saturated heterocycles. The molecule has 27 heavy (non-hydrogen) atoms. The molecule has 1 aliphatic heterocycles. The van der Waals surface area contributed by atoms with Crippen LogP contribution in [0.25, 0.3) is 0 Å². The Bertz CT molecular complexity index is 907. The quantitative estimate of drug-likeness (QED) is 0.788. The first kappa shape index (κ1) is 19.3. The summed E-state index contributed by atoms with van der Waals surface area (Å²) in [6, 6.07) is 12.6. The molecule has 0 radical (unpaired) electrons. The van der Waals surface area contributed by atoms with Crippen LogP contribution in [0.15, 0.2) is 41.5 Å². The number of nitriles is 1. The summed E-state index contributed by atoms with van der Waals surface area (Å²) in [5.74, 6) is 0.452. The van der Waals surface area contributed by atoms with Crippen LogP contribution >= 0.6 is 23.2 Å². The molecule has 0 amide bonds. The average Bonchev–Trinajstić information content (AvgIpc) is 3.13. The van der Waals surface area contributed by atoms with Crippen molar-refractivity contribution >= 4 is 34.8 Å². The van der Waals surface area contributed by atoms with E-state index in [0.717, 1.165) is 11.1 Å². The van der Waals surface area contributed by atoms with Gasteiger partial charge in [0.15, 0.2) is 6.73 Å². The van der Waals surface area contributed by atoms with Gasteiger partial charge in [-0.05, 0) is 55.8 Å². The summed E-state index contributed by atoms with van der Waals surface area (Å²) in [5, 5.41) is 29.7. The fraction of sp³-hybridized carbons (Fsp3) is 0.263. The molecule has 6 nitrogen and oxygen atoms in total. The second kappa shape index (κ2) is 8.05. The SMILES string of the molecule is Cc1c(N[C@H]([C@@H](C)O)N2COC(c3ccc(Cl)cc3)=N2)ccc(C#N)c1Cl. The minimum Gasteiger partial charge on any atom is -0.453 e. The summed E-state index contributed by atoms with van der Waals surface area (Å²) < 4.78 is 5.66. The maximum absolute atomic E-state index is 10.3. The minimum atomic E-state index is -0.754. The summed E-state index contributed by atoms with van der Waals surface area (Å²) in [5.41, 5.74) is 2.63. The van der Waals surface area contributed by atoms with Gasteiger partial charge in [0.25, 0.3) is 0 Å². The fourth-order valence-electron chi connectivity index (χ4n) is 2.71. The lowest BCUT2D eigenvalue weighted by atomic mass is 10.1. The van der Waals surface area contributed by atoms with Gasteiger partial charge in [0, 0.05) is 16.3 Å². The zero-order chi connectivity index (χ0) is 19.6. The number of hydrazone groups is 1. The van der Waals surface area contributed by atoms with E-state index >= 15 is 0 Å². The van der Waals surface area contributed by atoms with Crippen LogP contribution in [-0.4, -0.2) is 35.0 Å². The molecule has 0 aliphatic carbocycles. The Morgan fingerprint density at radius 1 is 1.26 bits per heavy atom. The number of nitrogens with one attached hydrogen (secondary N) is 1. The van der Waals surface area contributed by atoms with E-state index in [0.29, 0.717) is 27.2 Å². The molecule has 0 aromatic heterocycles. The van der Waals surface area contributed by atoms with E-state index in [1.807, 2.05) is 19.1 Å². The van der Waals surface area contributed by atoms with Gasteiger partial charge in [-0.1, -0.05) is 23.2 Å². The molecule has 0 bridgehead atoms. The standard InChI is InChI=1S/C19H18Cl2N4O2/c1-11-16(8-5-14(9-22)17(11)21)23-18(12(2)26)25-10-27-19(24-25)13-3-6-15(20)7-4-13/h3-8,12,18,23,26H,10H2,1-2H3/t12-,18+/m1/s1. The molecule has 8 heteroatoms. The van der Waals surface area contributed by atoms with Gasteiger partial charge >= 0.3 is 0 Å². The number of aliphatic hydroxyl groups is 1. The maximum atomic E-state index is 10.3. The van der Waals surface area contributed by atoms with E-state index < -0.39 is 12.3 Å². The molecule has 2 atom stereocenters. The minimum absolute atomic E-state index is 0.184. The Balaban J connectivity index is 1.84. The Labute approximate surface area is 167 Å². The van der Waals surface area contributed by atoms with Gasteiger partial charge in [0.05, 0.1) is 16.7 Å². The van der Waals surface area contributed by atoms with Crippen molar-refractivity contribution < 1.29 is 9.84 Å². The normalized spacial score (nSPS) is 15.6. The molecule has 0 fully saturated rings. The van der Waals surface area contributed by atoms with Crippen molar-refractivity contribution in [3.63, 3.8) is 0 Å². The second-order valence-electron chi connectivity index (χ2n) is 6.17. The van der Waals surface area contributed by atoms with E-state index in [-0.39, 0.29) is 6.73 Å². The van der Waals surface area contributed by atoms with Crippen LogP contribution < -0.4 is 5.32 Å². The van der Waals surface area contributed by atoms with Crippen LogP contribution in [0.5, 0.6) is 0 Å². The highest BCUT2D eigenvalue weighted by Gasteiger charge is 2.28. The number of ether oxygens (including phenoxy) is 1. The number of hydrogen-bond donors (Lipinski definition) is 2.